The molecule has 1 N–H and O–H groups in total. The van der Waals surface area contributed by atoms with Gasteiger partial charge in [0.05, 0.1) is 6.26 Å². The van der Waals surface area contributed by atoms with Crippen molar-refractivity contribution in [3.63, 3.8) is 0 Å². The molecule has 1 fully saturated rings. The van der Waals surface area contributed by atoms with Crippen LogP contribution < -0.4 is 0 Å². The van der Waals surface area contributed by atoms with Crippen LogP contribution in [0.1, 0.15) is 32.0 Å². The van der Waals surface area contributed by atoms with Crippen LogP contribution in [0.4, 0.5) is 0 Å². The lowest BCUT2D eigenvalue weighted by Crippen LogP contribution is -2.29. The molecule has 0 aromatic carbocycles. The third kappa shape index (κ3) is 2.45. The Hall–Kier alpha value is -2.11. The number of aromatic nitrogens is 3. The average molecular weight is 274 g/mol. The predicted molar refractivity (Wildman–Crippen MR) is 72.9 cm³/mol. The summed E-state index contributed by atoms with van der Waals surface area (Å²) in [5.41, 5.74) is 0. The molecule has 1 aliphatic rings. The summed E-state index contributed by atoms with van der Waals surface area (Å²) in [7, 11) is 0. The molecule has 2 aromatic rings. The Morgan fingerprint density at radius 3 is 3.10 bits per heavy atom. The van der Waals surface area contributed by atoms with Crippen LogP contribution in [0, 0.1) is 5.92 Å². The highest BCUT2D eigenvalue weighted by Crippen LogP contribution is 2.27. The third-order valence-electron chi connectivity index (χ3n) is 3.43. The zero-order valence-electron chi connectivity index (χ0n) is 11.7. The molecule has 20 heavy (non-hydrogen) atoms. The van der Waals surface area contributed by atoms with E-state index in [0.29, 0.717) is 30.5 Å². The molecule has 2 aromatic heterocycles. The molecule has 1 atom stereocenters. The standard InChI is InChI=1S/C14H18N4O2/c1-9(2)7-18-8-10(6-12(18)19)13-15-14(17-16-13)11-4-3-5-20-11/h3-5,9-10H,6-8H2,1-2H3,(H,15,16,17). The maximum Gasteiger partial charge on any atom is 0.223 e. The van der Waals surface area contributed by atoms with Gasteiger partial charge in [-0.2, -0.15) is 5.10 Å². The SMILES string of the molecule is CC(C)CN1CC(c2nc(-c3ccco3)n[nH]2)CC1=O. The van der Waals surface area contributed by atoms with Crippen LogP contribution >= 0.6 is 0 Å². The fourth-order valence-electron chi connectivity index (χ4n) is 2.55. The fraction of sp³-hybridized carbons (Fsp3) is 0.500. The molecule has 0 saturated carbocycles. The van der Waals surface area contributed by atoms with Gasteiger partial charge in [-0.05, 0) is 18.1 Å². The summed E-state index contributed by atoms with van der Waals surface area (Å²) in [4.78, 5) is 18.3. The molecular formula is C14H18N4O2. The maximum absolute atomic E-state index is 12.0. The summed E-state index contributed by atoms with van der Waals surface area (Å²) >= 11 is 0. The number of hydrogen-bond acceptors (Lipinski definition) is 4. The van der Waals surface area contributed by atoms with Gasteiger partial charge in [0.25, 0.3) is 0 Å². The van der Waals surface area contributed by atoms with E-state index in [4.69, 9.17) is 4.42 Å². The Bertz CT molecular complexity index is 588. The van der Waals surface area contributed by atoms with Crippen molar-refractivity contribution in [3.8, 4) is 11.6 Å². The second kappa shape index (κ2) is 5.11. The lowest BCUT2D eigenvalue weighted by Gasteiger charge is -2.18. The monoisotopic (exact) mass is 274 g/mol. The van der Waals surface area contributed by atoms with Crippen molar-refractivity contribution in [2.24, 2.45) is 5.92 Å². The highest BCUT2D eigenvalue weighted by molar-refractivity contribution is 5.79. The normalized spacial score (nSPS) is 19.2. The van der Waals surface area contributed by atoms with Gasteiger partial charge in [-0.1, -0.05) is 13.8 Å². The Labute approximate surface area is 117 Å². The minimum absolute atomic E-state index is 0.0949. The van der Waals surface area contributed by atoms with E-state index in [2.05, 4.69) is 29.0 Å². The largest absolute Gasteiger partial charge is 0.461 e. The molecular weight excluding hydrogens is 256 g/mol. The van der Waals surface area contributed by atoms with Crippen LogP contribution in [0.5, 0.6) is 0 Å². The summed E-state index contributed by atoms with van der Waals surface area (Å²) in [5, 5.41) is 7.08. The van der Waals surface area contributed by atoms with E-state index in [9.17, 15) is 4.79 Å². The van der Waals surface area contributed by atoms with E-state index in [-0.39, 0.29) is 11.8 Å². The Kier molecular flexibility index (Phi) is 3.30. The molecule has 1 saturated heterocycles. The second-order valence-corrected chi connectivity index (χ2v) is 5.62. The van der Waals surface area contributed by atoms with E-state index in [0.717, 1.165) is 12.4 Å². The number of rotatable bonds is 4. The molecule has 0 spiro atoms. The quantitative estimate of drug-likeness (QED) is 0.925. The van der Waals surface area contributed by atoms with Crippen LogP contribution in [-0.2, 0) is 4.79 Å². The molecule has 1 unspecified atom stereocenters. The van der Waals surface area contributed by atoms with Crippen molar-refractivity contribution in [3.05, 3.63) is 24.2 Å². The van der Waals surface area contributed by atoms with Gasteiger partial charge in [0.2, 0.25) is 11.7 Å². The van der Waals surface area contributed by atoms with Gasteiger partial charge in [-0.25, -0.2) is 4.98 Å². The zero-order valence-corrected chi connectivity index (χ0v) is 11.7. The van der Waals surface area contributed by atoms with Crippen molar-refractivity contribution >= 4 is 5.91 Å². The molecule has 3 rings (SSSR count). The van der Waals surface area contributed by atoms with Crippen LogP contribution in [0.25, 0.3) is 11.6 Å². The van der Waals surface area contributed by atoms with Gasteiger partial charge in [0.1, 0.15) is 5.82 Å². The van der Waals surface area contributed by atoms with Gasteiger partial charge < -0.3 is 9.32 Å². The zero-order chi connectivity index (χ0) is 14.1. The molecule has 6 heteroatoms. The number of hydrogen-bond donors (Lipinski definition) is 1. The number of amides is 1. The Balaban J connectivity index is 1.73. The fourth-order valence-corrected chi connectivity index (χ4v) is 2.55. The van der Waals surface area contributed by atoms with Crippen molar-refractivity contribution in [2.75, 3.05) is 13.1 Å². The van der Waals surface area contributed by atoms with Crippen LogP contribution in [0.3, 0.4) is 0 Å². The Morgan fingerprint density at radius 2 is 2.40 bits per heavy atom. The van der Waals surface area contributed by atoms with Gasteiger partial charge in [0.15, 0.2) is 5.76 Å². The number of nitrogens with one attached hydrogen (secondary N) is 1. The first kappa shape index (κ1) is 12.9. The van der Waals surface area contributed by atoms with Crippen molar-refractivity contribution < 1.29 is 9.21 Å². The summed E-state index contributed by atoms with van der Waals surface area (Å²) in [6.45, 7) is 5.74. The second-order valence-electron chi connectivity index (χ2n) is 5.62. The summed E-state index contributed by atoms with van der Waals surface area (Å²) in [6.07, 6.45) is 2.09. The predicted octanol–water partition coefficient (Wildman–Crippen LogP) is 2.04. The van der Waals surface area contributed by atoms with Crippen LogP contribution in [-0.4, -0.2) is 39.1 Å². The number of H-pyrrole nitrogens is 1. The molecule has 6 nitrogen and oxygen atoms in total. The van der Waals surface area contributed by atoms with Crippen molar-refractivity contribution in [1.82, 2.24) is 20.1 Å². The molecule has 1 aliphatic heterocycles. The minimum Gasteiger partial charge on any atom is -0.461 e. The summed E-state index contributed by atoms with van der Waals surface area (Å²) < 4.78 is 5.27. The lowest BCUT2D eigenvalue weighted by atomic mass is 10.1. The number of aromatic amines is 1. The van der Waals surface area contributed by atoms with Gasteiger partial charge in [0, 0.05) is 25.4 Å². The molecule has 3 heterocycles. The van der Waals surface area contributed by atoms with Gasteiger partial charge in [-0.15, -0.1) is 0 Å². The van der Waals surface area contributed by atoms with E-state index in [1.165, 1.54) is 0 Å². The molecule has 0 bridgehead atoms. The molecule has 106 valence electrons. The van der Waals surface area contributed by atoms with E-state index < -0.39 is 0 Å². The summed E-state index contributed by atoms with van der Waals surface area (Å²) in [6, 6.07) is 3.62. The molecule has 1 amide bonds. The molecule has 0 aliphatic carbocycles. The number of carbonyl (C=O) groups is 1. The summed E-state index contributed by atoms with van der Waals surface area (Å²) in [5.74, 6) is 2.70. The number of furan rings is 1. The average Bonchev–Trinajstić information content (AvgIpc) is 3.09. The highest BCUT2D eigenvalue weighted by Gasteiger charge is 2.33. The van der Waals surface area contributed by atoms with Crippen molar-refractivity contribution in [1.29, 1.82) is 0 Å². The topological polar surface area (TPSA) is 75.0 Å². The lowest BCUT2D eigenvalue weighted by molar-refractivity contribution is -0.128. The number of likely N-dealkylation sites (tertiary alicyclic amines) is 1. The van der Waals surface area contributed by atoms with Gasteiger partial charge in [-0.3, -0.25) is 9.89 Å². The van der Waals surface area contributed by atoms with Gasteiger partial charge >= 0.3 is 0 Å². The first-order valence-electron chi connectivity index (χ1n) is 6.87. The van der Waals surface area contributed by atoms with E-state index in [1.54, 1.807) is 12.3 Å². The maximum atomic E-state index is 12.0. The minimum atomic E-state index is 0.0949. The van der Waals surface area contributed by atoms with Crippen molar-refractivity contribution in [2.45, 2.75) is 26.2 Å². The van der Waals surface area contributed by atoms with Crippen LogP contribution in [0.2, 0.25) is 0 Å². The third-order valence-corrected chi connectivity index (χ3v) is 3.43. The van der Waals surface area contributed by atoms with E-state index in [1.807, 2.05) is 11.0 Å². The first-order chi connectivity index (χ1) is 9.63. The highest BCUT2D eigenvalue weighted by atomic mass is 16.3. The van der Waals surface area contributed by atoms with E-state index >= 15 is 0 Å². The smallest absolute Gasteiger partial charge is 0.223 e. The number of carbonyl (C=O) groups excluding carboxylic acids is 1. The number of nitrogens with zero attached hydrogens (tertiary/aromatic N) is 3. The van der Waals surface area contributed by atoms with Crippen LogP contribution in [0.15, 0.2) is 22.8 Å². The Morgan fingerprint density at radius 1 is 1.55 bits per heavy atom. The molecule has 0 radical (unpaired) electrons. The first-order valence-corrected chi connectivity index (χ1v) is 6.87.